The molecule has 0 N–H and O–H groups in total. The topological polar surface area (TPSA) is 12.4 Å². The van der Waals surface area contributed by atoms with Gasteiger partial charge in [0, 0.05) is 5.71 Å². The van der Waals surface area contributed by atoms with Crippen LogP contribution in [0.25, 0.3) is 0 Å². The quantitative estimate of drug-likeness (QED) is 0.589. The lowest BCUT2D eigenvalue weighted by Crippen LogP contribution is -2.16. The van der Waals surface area contributed by atoms with Crippen molar-refractivity contribution >= 4 is 11.4 Å². The molecule has 1 aromatic carbocycles. The van der Waals surface area contributed by atoms with E-state index in [1.54, 1.807) is 0 Å². The Kier molecular flexibility index (Phi) is 3.10. The zero-order valence-electron chi connectivity index (χ0n) is 9.76. The fourth-order valence-electron chi connectivity index (χ4n) is 0.981. The largest absolute Gasteiger partial charge is 0.258 e. The first-order valence-corrected chi connectivity index (χ1v) is 5.02. The smallest absolute Gasteiger partial charge is 0.0629 e. The lowest BCUT2D eigenvalue weighted by atomic mass is 9.91. The molecule has 0 radical (unpaired) electrons. The van der Waals surface area contributed by atoms with Crippen LogP contribution in [-0.4, -0.2) is 5.71 Å². The molecule has 0 saturated carbocycles. The first kappa shape index (κ1) is 11.0. The van der Waals surface area contributed by atoms with Crippen LogP contribution in [-0.2, 0) is 0 Å². The maximum atomic E-state index is 4.59. The molecule has 0 unspecified atom stereocenters. The highest BCUT2D eigenvalue weighted by molar-refractivity contribution is 5.89. The number of aryl methyl sites for hydroxylation is 1. The first-order valence-electron chi connectivity index (χ1n) is 5.02. The predicted octanol–water partition coefficient (Wildman–Crippen LogP) is 4.13. The van der Waals surface area contributed by atoms with Crippen molar-refractivity contribution in [3.05, 3.63) is 29.8 Å². The molecule has 76 valence electrons. The van der Waals surface area contributed by atoms with E-state index in [4.69, 9.17) is 0 Å². The van der Waals surface area contributed by atoms with Crippen LogP contribution in [0, 0.1) is 12.3 Å². The summed E-state index contributed by atoms with van der Waals surface area (Å²) in [5.41, 5.74) is 3.65. The summed E-state index contributed by atoms with van der Waals surface area (Å²) in [4.78, 5) is 4.59. The molecule has 0 bridgehead atoms. The molecule has 14 heavy (non-hydrogen) atoms. The van der Waals surface area contributed by atoms with E-state index in [0.29, 0.717) is 0 Å². The van der Waals surface area contributed by atoms with Crippen LogP contribution < -0.4 is 0 Å². The van der Waals surface area contributed by atoms with Gasteiger partial charge in [-0.2, -0.15) is 0 Å². The SMILES string of the molecule is CC(=Nc1ccc(C)cc1)C(C)(C)C. The molecule has 1 nitrogen and oxygen atoms in total. The van der Waals surface area contributed by atoms with Crippen LogP contribution in [0.1, 0.15) is 33.3 Å². The molecular weight excluding hydrogens is 170 g/mol. The van der Waals surface area contributed by atoms with Gasteiger partial charge in [0.15, 0.2) is 0 Å². The number of aliphatic imine (C=N–C) groups is 1. The van der Waals surface area contributed by atoms with E-state index >= 15 is 0 Å². The zero-order valence-corrected chi connectivity index (χ0v) is 9.76. The van der Waals surface area contributed by atoms with Gasteiger partial charge in [0.25, 0.3) is 0 Å². The van der Waals surface area contributed by atoms with Gasteiger partial charge in [-0.25, -0.2) is 0 Å². The van der Waals surface area contributed by atoms with Gasteiger partial charge >= 0.3 is 0 Å². The summed E-state index contributed by atoms with van der Waals surface area (Å²) < 4.78 is 0. The van der Waals surface area contributed by atoms with Gasteiger partial charge in [0.1, 0.15) is 0 Å². The van der Waals surface area contributed by atoms with Gasteiger partial charge in [-0.15, -0.1) is 0 Å². The van der Waals surface area contributed by atoms with E-state index in [1.165, 1.54) is 11.3 Å². The van der Waals surface area contributed by atoms with Crippen molar-refractivity contribution in [2.75, 3.05) is 0 Å². The van der Waals surface area contributed by atoms with Crippen LogP contribution in [0.2, 0.25) is 0 Å². The van der Waals surface area contributed by atoms with E-state index in [1.807, 2.05) is 0 Å². The first-order chi connectivity index (χ1) is 6.39. The summed E-state index contributed by atoms with van der Waals surface area (Å²) in [6.45, 7) is 10.7. The third kappa shape index (κ3) is 2.99. The third-order valence-electron chi connectivity index (χ3n) is 2.42. The van der Waals surface area contributed by atoms with E-state index in [9.17, 15) is 0 Å². The van der Waals surface area contributed by atoms with Crippen LogP contribution in [0.5, 0.6) is 0 Å². The second-order valence-electron chi connectivity index (χ2n) is 4.78. The summed E-state index contributed by atoms with van der Waals surface area (Å²) in [7, 11) is 0. The molecule has 0 saturated heterocycles. The van der Waals surface area contributed by atoms with Crippen molar-refractivity contribution in [1.82, 2.24) is 0 Å². The highest BCUT2D eigenvalue weighted by atomic mass is 14.8. The standard InChI is InChI=1S/C13H19N/c1-10-6-8-12(9-7-10)14-11(2)13(3,4)5/h6-9H,1-5H3. The maximum absolute atomic E-state index is 4.59. The molecule has 0 aromatic heterocycles. The lowest BCUT2D eigenvalue weighted by molar-refractivity contribution is 0.588. The Labute approximate surface area is 86.9 Å². The summed E-state index contributed by atoms with van der Waals surface area (Å²) in [6, 6.07) is 8.30. The molecule has 1 heteroatoms. The third-order valence-corrected chi connectivity index (χ3v) is 2.42. The zero-order chi connectivity index (χ0) is 10.8. The number of rotatable bonds is 1. The summed E-state index contributed by atoms with van der Waals surface area (Å²) >= 11 is 0. The Hall–Kier alpha value is -1.11. The molecule has 0 heterocycles. The van der Waals surface area contributed by atoms with Crippen LogP contribution in [0.3, 0.4) is 0 Å². The number of hydrogen-bond donors (Lipinski definition) is 0. The molecule has 0 aliphatic carbocycles. The van der Waals surface area contributed by atoms with Crippen molar-refractivity contribution in [3.8, 4) is 0 Å². The van der Waals surface area contributed by atoms with Gasteiger partial charge in [-0.1, -0.05) is 38.5 Å². The van der Waals surface area contributed by atoms with Gasteiger partial charge < -0.3 is 0 Å². The van der Waals surface area contributed by atoms with Crippen LogP contribution >= 0.6 is 0 Å². The fourth-order valence-corrected chi connectivity index (χ4v) is 0.981. The van der Waals surface area contributed by atoms with E-state index in [0.717, 1.165) is 5.69 Å². The normalized spacial score (nSPS) is 13.1. The Morgan fingerprint density at radius 1 is 1.07 bits per heavy atom. The van der Waals surface area contributed by atoms with Crippen molar-refractivity contribution < 1.29 is 0 Å². The highest BCUT2D eigenvalue weighted by Crippen LogP contribution is 2.20. The average Bonchev–Trinajstić information content (AvgIpc) is 2.07. The minimum atomic E-state index is 0.158. The lowest BCUT2D eigenvalue weighted by Gasteiger charge is -2.17. The van der Waals surface area contributed by atoms with E-state index in [-0.39, 0.29) is 5.41 Å². The molecule has 0 atom stereocenters. The minimum Gasteiger partial charge on any atom is -0.258 e. The number of nitrogens with zero attached hydrogens (tertiary/aromatic N) is 1. The Bertz CT molecular complexity index is 325. The Morgan fingerprint density at radius 3 is 2.00 bits per heavy atom. The second kappa shape index (κ2) is 3.95. The van der Waals surface area contributed by atoms with Crippen LogP contribution in [0.15, 0.2) is 29.3 Å². The summed E-state index contributed by atoms with van der Waals surface area (Å²) in [5, 5.41) is 0. The van der Waals surface area contributed by atoms with Crippen LogP contribution in [0.4, 0.5) is 5.69 Å². The molecule has 1 rings (SSSR count). The fraction of sp³-hybridized carbons (Fsp3) is 0.462. The summed E-state index contributed by atoms with van der Waals surface area (Å²) in [5.74, 6) is 0. The van der Waals surface area contributed by atoms with E-state index in [2.05, 4.69) is 63.9 Å². The molecule has 0 aliphatic rings. The molecule has 0 aliphatic heterocycles. The Morgan fingerprint density at radius 2 is 1.57 bits per heavy atom. The summed E-state index contributed by atoms with van der Waals surface area (Å²) in [6.07, 6.45) is 0. The number of benzene rings is 1. The molecule has 0 amide bonds. The van der Waals surface area contributed by atoms with Gasteiger partial charge in [-0.3, -0.25) is 4.99 Å². The Balaban J connectivity index is 2.93. The minimum absolute atomic E-state index is 0.158. The molecule has 1 aromatic rings. The predicted molar refractivity (Wildman–Crippen MR) is 63.4 cm³/mol. The van der Waals surface area contributed by atoms with Crippen molar-refractivity contribution in [2.45, 2.75) is 34.6 Å². The molecule has 0 spiro atoms. The monoisotopic (exact) mass is 189 g/mol. The average molecular weight is 189 g/mol. The van der Waals surface area contributed by atoms with Gasteiger partial charge in [0.05, 0.1) is 5.69 Å². The second-order valence-corrected chi connectivity index (χ2v) is 4.78. The number of hydrogen-bond acceptors (Lipinski definition) is 1. The molecular formula is C13H19N. The van der Waals surface area contributed by atoms with Crippen molar-refractivity contribution in [1.29, 1.82) is 0 Å². The highest BCUT2D eigenvalue weighted by Gasteiger charge is 2.13. The van der Waals surface area contributed by atoms with Gasteiger partial charge in [-0.05, 0) is 31.4 Å². The van der Waals surface area contributed by atoms with Gasteiger partial charge in [0.2, 0.25) is 0 Å². The maximum Gasteiger partial charge on any atom is 0.0629 e. The van der Waals surface area contributed by atoms with E-state index < -0.39 is 0 Å². The van der Waals surface area contributed by atoms with Crippen molar-refractivity contribution in [3.63, 3.8) is 0 Å². The molecule has 0 fully saturated rings. The van der Waals surface area contributed by atoms with Crippen molar-refractivity contribution in [2.24, 2.45) is 10.4 Å².